The van der Waals surface area contributed by atoms with Crippen molar-refractivity contribution in [1.29, 1.82) is 5.26 Å². The van der Waals surface area contributed by atoms with Crippen molar-refractivity contribution >= 4 is 23.4 Å². The van der Waals surface area contributed by atoms with Crippen molar-refractivity contribution in [2.45, 2.75) is 30.9 Å². The Labute approximate surface area is 126 Å². The summed E-state index contributed by atoms with van der Waals surface area (Å²) in [6, 6.07) is 7.58. The van der Waals surface area contributed by atoms with Gasteiger partial charge in [-0.1, -0.05) is 23.4 Å². The number of nitrogens with zero attached hydrogens (tertiary/aromatic N) is 3. The van der Waals surface area contributed by atoms with Crippen LogP contribution in [-0.2, 0) is 6.61 Å². The van der Waals surface area contributed by atoms with Gasteiger partial charge in [0, 0.05) is 5.02 Å². The molecule has 1 heterocycles. The molecule has 0 saturated carbocycles. The number of thioether (sulfide) groups is 1. The van der Waals surface area contributed by atoms with Crippen molar-refractivity contribution in [3.8, 4) is 11.8 Å². The van der Waals surface area contributed by atoms with Crippen LogP contribution in [0.2, 0.25) is 5.02 Å². The summed E-state index contributed by atoms with van der Waals surface area (Å²) >= 11 is 7.25. The minimum absolute atomic E-state index is 0.182. The lowest BCUT2D eigenvalue weighted by Crippen LogP contribution is -1.98. The van der Waals surface area contributed by atoms with Gasteiger partial charge in [-0.2, -0.15) is 5.26 Å². The average molecular weight is 309 g/mol. The molecule has 1 aromatic carbocycles. The highest BCUT2D eigenvalue weighted by Crippen LogP contribution is 2.22. The number of benzene rings is 1. The number of nitriles is 1. The van der Waals surface area contributed by atoms with E-state index in [2.05, 4.69) is 21.3 Å². The topological polar surface area (TPSA) is 74.6 Å². The first-order valence-corrected chi connectivity index (χ1v) is 7.20. The van der Waals surface area contributed by atoms with Gasteiger partial charge < -0.3 is 4.74 Å². The standard InChI is InChI=1S/C13H13ClN4OS/c1-8-5-10(3-4-11(8)14)19-7-12-16-13(18-17-12)20-9(2)6-15/h3-5,9H,7H2,1-2H3,(H,16,17,18)/t9-/m1/s1. The van der Waals surface area contributed by atoms with Crippen molar-refractivity contribution in [2.75, 3.05) is 0 Å². The predicted octanol–water partition coefficient (Wildman–Crippen LogP) is 3.35. The van der Waals surface area contributed by atoms with Crippen molar-refractivity contribution in [3.63, 3.8) is 0 Å². The van der Waals surface area contributed by atoms with Crippen molar-refractivity contribution < 1.29 is 4.74 Å². The van der Waals surface area contributed by atoms with Crippen LogP contribution < -0.4 is 4.74 Å². The number of nitrogens with one attached hydrogen (secondary N) is 1. The van der Waals surface area contributed by atoms with Crippen LogP contribution in [0, 0.1) is 18.3 Å². The Morgan fingerprint density at radius 3 is 3.05 bits per heavy atom. The van der Waals surface area contributed by atoms with Crippen LogP contribution in [0.4, 0.5) is 0 Å². The summed E-state index contributed by atoms with van der Waals surface area (Å²) in [5, 5.41) is 16.6. The molecule has 20 heavy (non-hydrogen) atoms. The van der Waals surface area contributed by atoms with Crippen LogP contribution in [-0.4, -0.2) is 20.4 Å². The smallest absolute Gasteiger partial charge is 0.209 e. The summed E-state index contributed by atoms with van der Waals surface area (Å²) in [5.74, 6) is 1.34. The first-order chi connectivity index (χ1) is 9.58. The fraction of sp³-hybridized carbons (Fsp3) is 0.308. The molecule has 0 aliphatic rings. The van der Waals surface area contributed by atoms with Crippen LogP contribution in [0.1, 0.15) is 18.3 Å². The number of aromatic nitrogens is 3. The first kappa shape index (κ1) is 14.7. The van der Waals surface area contributed by atoms with Gasteiger partial charge >= 0.3 is 0 Å². The van der Waals surface area contributed by atoms with E-state index in [0.29, 0.717) is 16.0 Å². The predicted molar refractivity (Wildman–Crippen MR) is 77.8 cm³/mol. The maximum atomic E-state index is 8.73. The lowest BCUT2D eigenvalue weighted by Gasteiger charge is -2.05. The molecule has 7 heteroatoms. The van der Waals surface area contributed by atoms with Gasteiger partial charge in [0.15, 0.2) is 5.82 Å². The summed E-state index contributed by atoms with van der Waals surface area (Å²) < 4.78 is 5.61. The van der Waals surface area contributed by atoms with E-state index in [1.807, 2.05) is 13.0 Å². The molecule has 0 saturated heterocycles. The van der Waals surface area contributed by atoms with E-state index >= 15 is 0 Å². The highest BCUT2D eigenvalue weighted by molar-refractivity contribution is 7.99. The largest absolute Gasteiger partial charge is 0.486 e. The highest BCUT2D eigenvalue weighted by Gasteiger charge is 2.09. The summed E-state index contributed by atoms with van der Waals surface area (Å²) in [6.45, 7) is 4.00. The maximum Gasteiger partial charge on any atom is 0.209 e. The summed E-state index contributed by atoms with van der Waals surface area (Å²) in [4.78, 5) is 4.25. The number of hydrogen-bond acceptors (Lipinski definition) is 5. The third-order valence-electron chi connectivity index (χ3n) is 2.48. The second kappa shape index (κ2) is 6.64. The Hall–Kier alpha value is -1.71. The fourth-order valence-corrected chi connectivity index (χ4v) is 2.19. The Bertz CT molecular complexity index is 638. The molecule has 1 aromatic heterocycles. The quantitative estimate of drug-likeness (QED) is 0.857. The van der Waals surface area contributed by atoms with Gasteiger partial charge in [0.25, 0.3) is 0 Å². The van der Waals surface area contributed by atoms with Crippen LogP contribution in [0.25, 0.3) is 0 Å². The monoisotopic (exact) mass is 308 g/mol. The van der Waals surface area contributed by atoms with E-state index in [-0.39, 0.29) is 11.9 Å². The van der Waals surface area contributed by atoms with E-state index in [1.165, 1.54) is 11.8 Å². The van der Waals surface area contributed by atoms with E-state index in [9.17, 15) is 0 Å². The normalized spacial score (nSPS) is 11.9. The van der Waals surface area contributed by atoms with Gasteiger partial charge in [-0.15, -0.1) is 5.10 Å². The molecule has 0 aliphatic heterocycles. The average Bonchev–Trinajstić information content (AvgIpc) is 2.87. The van der Waals surface area contributed by atoms with Crippen LogP contribution in [0.3, 0.4) is 0 Å². The third-order valence-corrected chi connectivity index (χ3v) is 3.76. The van der Waals surface area contributed by atoms with Gasteiger partial charge in [0.2, 0.25) is 5.16 Å². The molecule has 0 bridgehead atoms. The van der Waals surface area contributed by atoms with Gasteiger partial charge in [-0.05, 0) is 37.6 Å². The number of halogens is 1. The number of aryl methyl sites for hydroxylation is 1. The molecule has 0 aliphatic carbocycles. The second-order valence-corrected chi connectivity index (χ2v) is 5.87. The number of hydrogen-bond donors (Lipinski definition) is 1. The molecule has 2 aromatic rings. The van der Waals surface area contributed by atoms with Crippen LogP contribution in [0.5, 0.6) is 5.75 Å². The highest BCUT2D eigenvalue weighted by atomic mass is 35.5. The third kappa shape index (κ3) is 3.89. The Morgan fingerprint density at radius 2 is 2.35 bits per heavy atom. The lowest BCUT2D eigenvalue weighted by molar-refractivity contribution is 0.296. The summed E-state index contributed by atoms with van der Waals surface area (Å²) in [6.07, 6.45) is 0. The Balaban J connectivity index is 1.94. The van der Waals surface area contributed by atoms with Crippen molar-refractivity contribution in [1.82, 2.24) is 15.2 Å². The maximum absolute atomic E-state index is 8.73. The molecular formula is C13H13ClN4OS. The lowest BCUT2D eigenvalue weighted by atomic mass is 10.2. The van der Waals surface area contributed by atoms with Crippen LogP contribution >= 0.6 is 23.4 Å². The molecule has 0 spiro atoms. The molecule has 1 atom stereocenters. The van der Waals surface area contributed by atoms with E-state index in [0.717, 1.165) is 11.3 Å². The summed E-state index contributed by atoms with van der Waals surface area (Å²) in [7, 11) is 0. The molecular weight excluding hydrogens is 296 g/mol. The number of H-pyrrole nitrogens is 1. The minimum atomic E-state index is -0.182. The Kier molecular flexibility index (Phi) is 4.88. The fourth-order valence-electron chi connectivity index (χ4n) is 1.44. The number of rotatable bonds is 5. The Morgan fingerprint density at radius 1 is 1.55 bits per heavy atom. The SMILES string of the molecule is Cc1cc(OCc2nc(S[C@H](C)C#N)n[nH]2)ccc1Cl. The first-order valence-electron chi connectivity index (χ1n) is 5.95. The minimum Gasteiger partial charge on any atom is -0.486 e. The zero-order chi connectivity index (χ0) is 14.5. The number of ether oxygens (including phenoxy) is 1. The molecule has 0 unspecified atom stereocenters. The molecule has 5 nitrogen and oxygen atoms in total. The van der Waals surface area contributed by atoms with E-state index < -0.39 is 0 Å². The van der Waals surface area contributed by atoms with E-state index in [1.54, 1.807) is 19.1 Å². The molecule has 0 amide bonds. The van der Waals surface area contributed by atoms with Crippen molar-refractivity contribution in [2.24, 2.45) is 0 Å². The zero-order valence-electron chi connectivity index (χ0n) is 11.1. The van der Waals surface area contributed by atoms with Crippen molar-refractivity contribution in [3.05, 3.63) is 34.6 Å². The number of aromatic amines is 1. The van der Waals surface area contributed by atoms with E-state index in [4.69, 9.17) is 21.6 Å². The molecule has 0 fully saturated rings. The zero-order valence-corrected chi connectivity index (χ0v) is 12.6. The van der Waals surface area contributed by atoms with Gasteiger partial charge in [-0.3, -0.25) is 5.10 Å². The second-order valence-electron chi connectivity index (χ2n) is 4.15. The molecule has 104 valence electrons. The van der Waals surface area contributed by atoms with Gasteiger partial charge in [-0.25, -0.2) is 4.98 Å². The molecule has 1 N–H and O–H groups in total. The summed E-state index contributed by atoms with van der Waals surface area (Å²) in [5.41, 5.74) is 0.959. The van der Waals surface area contributed by atoms with Gasteiger partial charge in [0.1, 0.15) is 12.4 Å². The molecule has 2 rings (SSSR count). The molecule has 0 radical (unpaired) electrons. The van der Waals surface area contributed by atoms with Crippen LogP contribution in [0.15, 0.2) is 23.4 Å². The van der Waals surface area contributed by atoms with Gasteiger partial charge in [0.05, 0.1) is 11.3 Å².